The predicted molar refractivity (Wildman–Crippen MR) is 65.6 cm³/mol. The van der Waals surface area contributed by atoms with Gasteiger partial charge < -0.3 is 4.40 Å². The summed E-state index contributed by atoms with van der Waals surface area (Å²) >= 11 is 0. The highest BCUT2D eigenvalue weighted by atomic mass is 32.2. The molecule has 0 atom stereocenters. The van der Waals surface area contributed by atoms with E-state index >= 15 is 0 Å². The van der Waals surface area contributed by atoms with Gasteiger partial charge >= 0.3 is 0 Å². The van der Waals surface area contributed by atoms with Crippen molar-refractivity contribution in [1.82, 2.24) is 14.1 Å². The summed E-state index contributed by atoms with van der Waals surface area (Å²) in [5.74, 6) is 0.670. The maximum absolute atomic E-state index is 11.8. The Labute approximate surface area is 101 Å². The zero-order valence-electron chi connectivity index (χ0n) is 10.1. The van der Waals surface area contributed by atoms with E-state index in [1.165, 1.54) is 7.05 Å². The zero-order valence-corrected chi connectivity index (χ0v) is 10.9. The lowest BCUT2D eigenvalue weighted by molar-refractivity contribution is 0.586. The molecule has 0 unspecified atom stereocenters. The fourth-order valence-corrected chi connectivity index (χ4v) is 2.64. The molecule has 2 aromatic heterocycles. The molecule has 0 aliphatic heterocycles. The zero-order chi connectivity index (χ0) is 12.6. The normalized spacial score (nSPS) is 12.2. The SMILES string of the molecule is CCc1ccc2c(S(=O)(=O)NC)nc(C)n2c1. The third-order valence-corrected chi connectivity index (χ3v) is 4.12. The fraction of sp³-hybridized carbons (Fsp3) is 0.364. The van der Waals surface area contributed by atoms with Crippen molar-refractivity contribution in [2.24, 2.45) is 0 Å². The number of nitrogens with zero attached hydrogens (tertiary/aromatic N) is 2. The van der Waals surface area contributed by atoms with Crippen LogP contribution in [-0.4, -0.2) is 24.9 Å². The minimum Gasteiger partial charge on any atom is -0.302 e. The molecule has 0 aromatic carbocycles. The van der Waals surface area contributed by atoms with Gasteiger partial charge in [0.25, 0.3) is 10.0 Å². The summed E-state index contributed by atoms with van der Waals surface area (Å²) in [4.78, 5) is 4.12. The topological polar surface area (TPSA) is 63.5 Å². The maximum atomic E-state index is 11.8. The molecule has 1 N–H and O–H groups in total. The minimum atomic E-state index is -3.51. The lowest BCUT2D eigenvalue weighted by Crippen LogP contribution is -2.19. The van der Waals surface area contributed by atoms with Crippen LogP contribution in [0.5, 0.6) is 0 Å². The third kappa shape index (κ3) is 1.94. The van der Waals surface area contributed by atoms with Crippen LogP contribution in [0.1, 0.15) is 18.3 Å². The smallest absolute Gasteiger partial charge is 0.259 e. The van der Waals surface area contributed by atoms with Gasteiger partial charge in [0, 0.05) is 6.20 Å². The molecule has 0 radical (unpaired) electrons. The minimum absolute atomic E-state index is 0.0835. The fourth-order valence-electron chi connectivity index (χ4n) is 1.75. The number of aromatic nitrogens is 2. The number of sulfonamides is 1. The van der Waals surface area contributed by atoms with Crippen LogP contribution in [0.3, 0.4) is 0 Å². The Morgan fingerprint density at radius 2 is 2.12 bits per heavy atom. The number of aryl methyl sites for hydroxylation is 2. The van der Waals surface area contributed by atoms with E-state index in [0.29, 0.717) is 11.3 Å². The van der Waals surface area contributed by atoms with E-state index in [1.54, 1.807) is 13.0 Å². The van der Waals surface area contributed by atoms with Crippen LogP contribution in [0.25, 0.3) is 5.52 Å². The largest absolute Gasteiger partial charge is 0.302 e. The molecule has 0 amide bonds. The molecule has 6 heteroatoms. The molecule has 0 aliphatic carbocycles. The van der Waals surface area contributed by atoms with E-state index in [2.05, 4.69) is 16.6 Å². The summed E-state index contributed by atoms with van der Waals surface area (Å²) in [5.41, 5.74) is 1.75. The first kappa shape index (κ1) is 12.1. The third-order valence-electron chi connectivity index (χ3n) is 2.77. The first-order valence-electron chi connectivity index (χ1n) is 5.40. The van der Waals surface area contributed by atoms with Gasteiger partial charge in [0.05, 0.1) is 5.52 Å². The van der Waals surface area contributed by atoms with E-state index in [-0.39, 0.29) is 5.03 Å². The number of rotatable bonds is 3. The maximum Gasteiger partial charge on any atom is 0.259 e. The number of hydrogen-bond acceptors (Lipinski definition) is 3. The highest BCUT2D eigenvalue weighted by Crippen LogP contribution is 2.18. The summed E-state index contributed by atoms with van der Waals surface area (Å²) in [7, 11) is -2.12. The quantitative estimate of drug-likeness (QED) is 0.891. The number of nitrogens with one attached hydrogen (secondary N) is 1. The number of pyridine rings is 1. The van der Waals surface area contributed by atoms with E-state index in [1.807, 2.05) is 16.7 Å². The molecule has 0 saturated carbocycles. The summed E-state index contributed by atoms with van der Waals surface area (Å²) in [6.07, 6.45) is 2.83. The molecule has 0 aliphatic rings. The van der Waals surface area contributed by atoms with Crippen LogP contribution in [0.4, 0.5) is 0 Å². The summed E-state index contributed by atoms with van der Waals surface area (Å²) < 4.78 is 27.7. The Morgan fingerprint density at radius 1 is 1.41 bits per heavy atom. The second-order valence-corrected chi connectivity index (χ2v) is 5.62. The highest BCUT2D eigenvalue weighted by molar-refractivity contribution is 7.89. The van der Waals surface area contributed by atoms with Crippen LogP contribution < -0.4 is 4.72 Å². The molecule has 2 aromatic rings. The van der Waals surface area contributed by atoms with E-state index in [0.717, 1.165) is 12.0 Å². The molecule has 0 saturated heterocycles. The average molecular weight is 253 g/mol. The van der Waals surface area contributed by atoms with Crippen LogP contribution in [0.2, 0.25) is 0 Å². The first-order chi connectivity index (χ1) is 7.99. The van der Waals surface area contributed by atoms with Crippen molar-refractivity contribution in [1.29, 1.82) is 0 Å². The van der Waals surface area contributed by atoms with Crippen LogP contribution in [0, 0.1) is 6.92 Å². The van der Waals surface area contributed by atoms with Crippen molar-refractivity contribution in [2.75, 3.05) is 7.05 Å². The van der Waals surface area contributed by atoms with Crippen LogP contribution in [-0.2, 0) is 16.4 Å². The van der Waals surface area contributed by atoms with Gasteiger partial charge in [-0.05, 0) is 32.0 Å². The number of imidazole rings is 1. The number of fused-ring (bicyclic) bond motifs is 1. The molecule has 2 heterocycles. The lowest BCUT2D eigenvalue weighted by Gasteiger charge is -2.02. The van der Waals surface area contributed by atoms with Gasteiger partial charge in [0.1, 0.15) is 5.82 Å². The average Bonchev–Trinajstić information content (AvgIpc) is 2.67. The molecule has 2 rings (SSSR count). The van der Waals surface area contributed by atoms with Gasteiger partial charge in [-0.3, -0.25) is 0 Å². The van der Waals surface area contributed by atoms with Crippen molar-refractivity contribution in [3.8, 4) is 0 Å². The Hall–Kier alpha value is -1.40. The molecule has 0 fully saturated rings. The second kappa shape index (κ2) is 4.12. The standard InChI is InChI=1S/C11H15N3O2S/c1-4-9-5-6-10-11(17(15,16)12-3)13-8(2)14(10)7-9/h5-7,12H,4H2,1-3H3. The molecular formula is C11H15N3O2S. The van der Waals surface area contributed by atoms with Gasteiger partial charge in [0.15, 0.2) is 5.03 Å². The summed E-state index contributed by atoms with van der Waals surface area (Å²) in [6, 6.07) is 3.72. The molecule has 92 valence electrons. The Kier molecular flexibility index (Phi) is 2.92. The summed E-state index contributed by atoms with van der Waals surface area (Å²) in [6.45, 7) is 3.85. The second-order valence-electron chi connectivity index (χ2n) is 3.82. The van der Waals surface area contributed by atoms with Crippen molar-refractivity contribution < 1.29 is 8.42 Å². The van der Waals surface area contributed by atoms with Crippen molar-refractivity contribution in [3.05, 3.63) is 29.7 Å². The van der Waals surface area contributed by atoms with Gasteiger partial charge in [-0.1, -0.05) is 13.0 Å². The molecule has 17 heavy (non-hydrogen) atoms. The molecule has 0 bridgehead atoms. The Balaban J connectivity index is 2.77. The van der Waals surface area contributed by atoms with Gasteiger partial charge in [-0.25, -0.2) is 18.1 Å². The Bertz CT molecular complexity index is 659. The summed E-state index contributed by atoms with van der Waals surface area (Å²) in [5, 5.41) is 0.0835. The van der Waals surface area contributed by atoms with Crippen molar-refractivity contribution >= 4 is 15.5 Å². The predicted octanol–water partition coefficient (Wildman–Crippen LogP) is 1.11. The van der Waals surface area contributed by atoms with Gasteiger partial charge in [0.2, 0.25) is 0 Å². The molecule has 5 nitrogen and oxygen atoms in total. The number of hydrogen-bond donors (Lipinski definition) is 1. The molecular weight excluding hydrogens is 238 g/mol. The van der Waals surface area contributed by atoms with Gasteiger partial charge in [-0.15, -0.1) is 0 Å². The lowest BCUT2D eigenvalue weighted by atomic mass is 10.2. The Morgan fingerprint density at radius 3 is 2.71 bits per heavy atom. The van der Waals surface area contributed by atoms with Crippen molar-refractivity contribution in [3.63, 3.8) is 0 Å². The van der Waals surface area contributed by atoms with E-state index < -0.39 is 10.0 Å². The highest BCUT2D eigenvalue weighted by Gasteiger charge is 2.20. The van der Waals surface area contributed by atoms with E-state index in [9.17, 15) is 8.42 Å². The monoisotopic (exact) mass is 253 g/mol. The molecule has 0 spiro atoms. The van der Waals surface area contributed by atoms with Crippen LogP contribution >= 0.6 is 0 Å². The van der Waals surface area contributed by atoms with Crippen molar-refractivity contribution in [2.45, 2.75) is 25.3 Å². The van der Waals surface area contributed by atoms with E-state index in [4.69, 9.17) is 0 Å². The first-order valence-corrected chi connectivity index (χ1v) is 6.89. The van der Waals surface area contributed by atoms with Gasteiger partial charge in [-0.2, -0.15) is 0 Å². The van der Waals surface area contributed by atoms with Crippen LogP contribution in [0.15, 0.2) is 23.4 Å².